The van der Waals surface area contributed by atoms with Crippen LogP contribution in [0.4, 0.5) is 11.6 Å². The quantitative estimate of drug-likeness (QED) is 0.545. The summed E-state index contributed by atoms with van der Waals surface area (Å²) in [5.41, 5.74) is 3.71. The summed E-state index contributed by atoms with van der Waals surface area (Å²) in [7, 11) is 5.74. The molecule has 0 unspecified atom stereocenters. The smallest absolute Gasteiger partial charge is 0.270 e. The molecule has 0 aliphatic carbocycles. The van der Waals surface area contributed by atoms with Crippen LogP contribution in [-0.2, 0) is 6.54 Å². The van der Waals surface area contributed by atoms with Gasteiger partial charge in [0.2, 0.25) is 5.95 Å². The molecule has 8 heteroatoms. The normalized spacial score (nSPS) is 15.2. The number of aromatic nitrogens is 3. The van der Waals surface area contributed by atoms with E-state index < -0.39 is 0 Å². The molecule has 2 aromatic heterocycles. The molecule has 1 amide bonds. The Bertz CT molecular complexity index is 1110. The molecule has 182 valence electrons. The summed E-state index contributed by atoms with van der Waals surface area (Å²) < 4.78 is 2.09. The summed E-state index contributed by atoms with van der Waals surface area (Å²) in [5, 5.41) is 4.22. The largest absolute Gasteiger partial charge is 0.343 e. The number of nitrogens with zero attached hydrogens (tertiary/aromatic N) is 6. The topological polar surface area (TPSA) is 69.5 Å². The minimum atomic E-state index is -0.0182. The maximum atomic E-state index is 12.9. The van der Waals surface area contributed by atoms with Crippen LogP contribution < -0.4 is 5.32 Å². The first kappa shape index (κ1) is 24.2. The third-order valence-electron chi connectivity index (χ3n) is 6.72. The molecule has 1 aromatic carbocycles. The number of fused-ring (bicyclic) bond motifs is 1. The molecule has 0 bridgehead atoms. The predicted octanol–water partition coefficient (Wildman–Crippen LogP) is 3.99. The summed E-state index contributed by atoms with van der Waals surface area (Å²) in [5.74, 6) is 0.517. The highest BCUT2D eigenvalue weighted by Gasteiger charge is 2.23. The number of anilines is 2. The number of rotatable bonds is 8. The second-order valence-corrected chi connectivity index (χ2v) is 9.44. The average Bonchev–Trinajstić information content (AvgIpc) is 3.21. The lowest BCUT2D eigenvalue weighted by molar-refractivity contribution is 0.0815. The van der Waals surface area contributed by atoms with Crippen LogP contribution in [-0.4, -0.2) is 82.5 Å². The number of benzene rings is 1. The van der Waals surface area contributed by atoms with Gasteiger partial charge in [-0.05, 0) is 43.7 Å². The van der Waals surface area contributed by atoms with E-state index in [0.717, 1.165) is 62.3 Å². The van der Waals surface area contributed by atoms with Gasteiger partial charge in [-0.2, -0.15) is 4.98 Å². The lowest BCUT2D eigenvalue weighted by Crippen LogP contribution is -2.43. The second-order valence-electron chi connectivity index (χ2n) is 9.44. The van der Waals surface area contributed by atoms with E-state index in [1.165, 1.54) is 5.56 Å². The minimum absolute atomic E-state index is 0.0182. The molecule has 34 heavy (non-hydrogen) atoms. The third kappa shape index (κ3) is 5.23. The predicted molar refractivity (Wildman–Crippen MR) is 138 cm³/mol. The van der Waals surface area contributed by atoms with Crippen molar-refractivity contribution in [3.8, 4) is 0 Å². The highest BCUT2D eigenvalue weighted by Crippen LogP contribution is 2.28. The highest BCUT2D eigenvalue weighted by molar-refractivity contribution is 5.97. The highest BCUT2D eigenvalue weighted by atomic mass is 16.2. The van der Waals surface area contributed by atoms with Crippen LogP contribution in [0.15, 0.2) is 36.5 Å². The fraction of sp³-hybridized carbons (Fsp3) is 0.500. The third-order valence-corrected chi connectivity index (χ3v) is 6.72. The fourth-order valence-electron chi connectivity index (χ4n) is 4.57. The van der Waals surface area contributed by atoms with E-state index >= 15 is 0 Å². The molecule has 0 atom stereocenters. The minimum Gasteiger partial charge on any atom is -0.343 e. The monoisotopic (exact) mass is 463 g/mol. The number of carbonyl (C=O) groups is 1. The second kappa shape index (κ2) is 10.5. The van der Waals surface area contributed by atoms with Crippen LogP contribution in [0, 0.1) is 0 Å². The van der Waals surface area contributed by atoms with Crippen molar-refractivity contribution in [2.75, 3.05) is 52.6 Å². The Kier molecular flexibility index (Phi) is 7.48. The van der Waals surface area contributed by atoms with Gasteiger partial charge in [-0.3, -0.25) is 9.69 Å². The van der Waals surface area contributed by atoms with Crippen molar-refractivity contribution in [3.05, 3.63) is 47.8 Å². The van der Waals surface area contributed by atoms with E-state index in [2.05, 4.69) is 69.8 Å². The Morgan fingerprint density at radius 2 is 1.76 bits per heavy atom. The number of carbonyl (C=O) groups excluding carboxylic acids is 1. The number of hydrogen-bond donors (Lipinski definition) is 1. The molecule has 1 fully saturated rings. The van der Waals surface area contributed by atoms with Crippen LogP contribution in [0.25, 0.3) is 11.0 Å². The number of nitrogens with one attached hydrogen (secondary N) is 1. The molecule has 3 aromatic rings. The van der Waals surface area contributed by atoms with Crippen LogP contribution in [0.3, 0.4) is 0 Å². The van der Waals surface area contributed by atoms with Gasteiger partial charge in [0.1, 0.15) is 11.3 Å². The number of piperazine rings is 1. The maximum Gasteiger partial charge on any atom is 0.270 e. The van der Waals surface area contributed by atoms with Gasteiger partial charge in [-0.15, -0.1) is 0 Å². The average molecular weight is 464 g/mol. The molecule has 1 aliphatic rings. The van der Waals surface area contributed by atoms with Crippen molar-refractivity contribution in [1.82, 2.24) is 29.2 Å². The molecule has 0 saturated carbocycles. The van der Waals surface area contributed by atoms with Crippen molar-refractivity contribution >= 4 is 28.6 Å². The first-order valence-electron chi connectivity index (χ1n) is 12.3. The maximum absolute atomic E-state index is 12.9. The molecule has 1 aliphatic heterocycles. The first-order valence-corrected chi connectivity index (χ1v) is 12.3. The van der Waals surface area contributed by atoms with Gasteiger partial charge in [-0.1, -0.05) is 26.0 Å². The van der Waals surface area contributed by atoms with Crippen molar-refractivity contribution < 1.29 is 4.79 Å². The van der Waals surface area contributed by atoms with E-state index in [1.54, 1.807) is 25.2 Å². The van der Waals surface area contributed by atoms with Crippen LogP contribution in [0.1, 0.15) is 48.8 Å². The fourth-order valence-corrected chi connectivity index (χ4v) is 4.57. The van der Waals surface area contributed by atoms with Crippen molar-refractivity contribution in [2.24, 2.45) is 0 Å². The van der Waals surface area contributed by atoms with Crippen molar-refractivity contribution in [2.45, 2.75) is 39.3 Å². The van der Waals surface area contributed by atoms with Gasteiger partial charge >= 0.3 is 0 Å². The molecule has 0 spiro atoms. The summed E-state index contributed by atoms with van der Waals surface area (Å²) in [4.78, 5) is 28.7. The Labute approximate surface area is 202 Å². The lowest BCUT2D eigenvalue weighted by atomic mass is 10.1. The molecule has 1 saturated heterocycles. The molecule has 4 rings (SSSR count). The summed E-state index contributed by atoms with van der Waals surface area (Å²) in [6, 6.07) is 10.6. The first-order chi connectivity index (χ1) is 16.4. The van der Waals surface area contributed by atoms with Gasteiger partial charge < -0.3 is 19.7 Å². The van der Waals surface area contributed by atoms with Crippen molar-refractivity contribution in [3.63, 3.8) is 0 Å². The lowest BCUT2D eigenvalue weighted by Gasteiger charge is -2.32. The Morgan fingerprint density at radius 3 is 2.38 bits per heavy atom. The summed E-state index contributed by atoms with van der Waals surface area (Å²) in [6.07, 6.45) is 3.66. The molecule has 1 N–H and O–H groups in total. The van der Waals surface area contributed by atoms with Crippen LogP contribution in [0.5, 0.6) is 0 Å². The summed E-state index contributed by atoms with van der Waals surface area (Å²) >= 11 is 0. The van der Waals surface area contributed by atoms with Gasteiger partial charge in [0.25, 0.3) is 5.91 Å². The van der Waals surface area contributed by atoms with E-state index in [-0.39, 0.29) is 11.9 Å². The van der Waals surface area contributed by atoms with Crippen molar-refractivity contribution in [1.29, 1.82) is 0 Å². The van der Waals surface area contributed by atoms with E-state index in [0.29, 0.717) is 11.6 Å². The van der Waals surface area contributed by atoms with Crippen LogP contribution in [0.2, 0.25) is 0 Å². The zero-order valence-corrected chi connectivity index (χ0v) is 21.1. The Morgan fingerprint density at radius 1 is 1.09 bits per heavy atom. The van der Waals surface area contributed by atoms with Gasteiger partial charge in [0.05, 0.1) is 0 Å². The standard InChI is InChI=1S/C26H37N7O/c1-6-22(7-2)33-23(25(34)30(3)4)16-20-17-27-26(29-24(20)33)28-21-10-8-19(9-11-21)18-32-14-12-31(5)13-15-32/h8-11,16-17,22H,6-7,12-15,18H2,1-5H3,(H,27,28,29). The zero-order valence-electron chi connectivity index (χ0n) is 21.1. The number of hydrogen-bond acceptors (Lipinski definition) is 6. The van der Waals surface area contributed by atoms with E-state index in [4.69, 9.17) is 4.98 Å². The summed E-state index contributed by atoms with van der Waals surface area (Å²) in [6.45, 7) is 9.74. The Balaban J connectivity index is 1.55. The Hall–Kier alpha value is -2.97. The molecule has 3 heterocycles. The molecule has 0 radical (unpaired) electrons. The van der Waals surface area contributed by atoms with Gasteiger partial charge in [0.15, 0.2) is 0 Å². The molecular formula is C26H37N7O. The van der Waals surface area contributed by atoms with Gasteiger partial charge in [-0.25, -0.2) is 4.98 Å². The van der Waals surface area contributed by atoms with E-state index in [9.17, 15) is 4.79 Å². The van der Waals surface area contributed by atoms with Crippen LogP contribution >= 0.6 is 0 Å². The number of amides is 1. The SMILES string of the molecule is CCC(CC)n1c(C(=O)N(C)C)cc2cnc(Nc3ccc(CN4CCN(C)CC4)cc3)nc21. The van der Waals surface area contributed by atoms with E-state index in [1.807, 2.05) is 6.07 Å². The number of likely N-dealkylation sites (N-methyl/N-ethyl adjacent to an activating group) is 1. The molecular weight excluding hydrogens is 426 g/mol. The molecule has 8 nitrogen and oxygen atoms in total. The zero-order chi connectivity index (χ0) is 24.2. The van der Waals surface area contributed by atoms with Gasteiger partial charge in [0, 0.05) is 70.1 Å².